The Hall–Kier alpha value is -3.59. The molecule has 6 rings (SSSR count). The molecule has 224 valence electrons. The zero-order valence-electron chi connectivity index (χ0n) is 25.7. The third-order valence-corrected chi connectivity index (χ3v) is 8.76. The zero-order chi connectivity index (χ0) is 29.4. The first-order valence-electron chi connectivity index (χ1n) is 15.4. The average molecular weight is 573 g/mol. The fourth-order valence-corrected chi connectivity index (χ4v) is 6.48. The molecule has 9 nitrogen and oxygen atoms in total. The minimum Gasteiger partial charge on any atom is -0.462 e. The van der Waals surface area contributed by atoms with E-state index in [0.717, 1.165) is 37.4 Å². The number of likely N-dealkylation sites (N-methyl/N-ethyl adjacent to an activating group) is 1. The smallest absolute Gasteiger partial charge is 0.410 e. The lowest BCUT2D eigenvalue weighted by Gasteiger charge is -2.38. The number of rotatable bonds is 5. The lowest BCUT2D eigenvalue weighted by Crippen LogP contribution is -2.50. The summed E-state index contributed by atoms with van der Waals surface area (Å²) in [7, 11) is 2.16. The van der Waals surface area contributed by atoms with E-state index < -0.39 is 5.60 Å². The number of aromatic nitrogens is 2. The van der Waals surface area contributed by atoms with E-state index in [1.54, 1.807) is 4.90 Å². The second kappa shape index (κ2) is 11.6. The first-order chi connectivity index (χ1) is 20.2. The summed E-state index contributed by atoms with van der Waals surface area (Å²) in [6, 6.07) is 13.9. The van der Waals surface area contributed by atoms with Crippen molar-refractivity contribution >= 4 is 28.4 Å². The molecule has 1 atom stereocenters. The van der Waals surface area contributed by atoms with Gasteiger partial charge in [-0.05, 0) is 77.6 Å². The number of carbonyl (C=O) groups is 1. The van der Waals surface area contributed by atoms with Crippen molar-refractivity contribution in [3.63, 3.8) is 0 Å². The summed E-state index contributed by atoms with van der Waals surface area (Å²) in [6.07, 6.45) is 2.93. The van der Waals surface area contributed by atoms with Crippen molar-refractivity contribution in [2.45, 2.75) is 65.1 Å². The standard InChI is InChI=1S/C33H44N6O3/c1-23-9-6-10-24-11-7-13-28(29(23)24)39-16-14-26-27(21-39)34-31(41-22-25-12-8-15-36(25)5)35-30(26)37-17-19-38(20-18-37)32(40)42-33(2,3)4/h6-7,9-11,13,25H,8,12,14-22H2,1-5H3. The quantitative estimate of drug-likeness (QED) is 0.422. The van der Waals surface area contributed by atoms with Crippen LogP contribution in [0.25, 0.3) is 10.8 Å². The molecule has 42 heavy (non-hydrogen) atoms. The summed E-state index contributed by atoms with van der Waals surface area (Å²) >= 11 is 0. The Balaban J connectivity index is 1.27. The van der Waals surface area contributed by atoms with E-state index in [1.807, 2.05) is 20.8 Å². The Morgan fingerprint density at radius 3 is 2.45 bits per heavy atom. The molecular formula is C33H44N6O3. The molecule has 0 bridgehead atoms. The van der Waals surface area contributed by atoms with E-state index >= 15 is 0 Å². The topological polar surface area (TPSA) is 74.3 Å². The van der Waals surface area contributed by atoms with Gasteiger partial charge >= 0.3 is 12.1 Å². The number of ether oxygens (including phenoxy) is 2. The molecule has 1 amide bonds. The van der Waals surface area contributed by atoms with Gasteiger partial charge in [-0.25, -0.2) is 4.79 Å². The fourth-order valence-electron chi connectivity index (χ4n) is 6.48. The van der Waals surface area contributed by atoms with Crippen molar-refractivity contribution in [2.75, 3.05) is 62.7 Å². The highest BCUT2D eigenvalue weighted by atomic mass is 16.6. The van der Waals surface area contributed by atoms with Crippen LogP contribution in [0.5, 0.6) is 6.01 Å². The summed E-state index contributed by atoms with van der Waals surface area (Å²) in [4.78, 5) is 31.6. The number of anilines is 2. The van der Waals surface area contributed by atoms with E-state index in [2.05, 4.69) is 65.1 Å². The SMILES string of the molecule is Cc1cccc2cccc(N3CCc4c(nc(OCC5CCCN5C)nc4N4CCN(C(=O)OC(C)(C)C)CC4)C3)c12. The van der Waals surface area contributed by atoms with E-state index in [-0.39, 0.29) is 6.09 Å². The van der Waals surface area contributed by atoms with E-state index in [0.29, 0.717) is 51.4 Å². The predicted molar refractivity (Wildman–Crippen MR) is 167 cm³/mol. The number of benzene rings is 2. The molecule has 1 aromatic heterocycles. The Morgan fingerprint density at radius 1 is 0.976 bits per heavy atom. The number of fused-ring (bicyclic) bond motifs is 2. The normalized spacial score (nSPS) is 19.7. The molecule has 3 aliphatic heterocycles. The van der Waals surface area contributed by atoms with Crippen LogP contribution in [0, 0.1) is 6.92 Å². The molecule has 0 N–H and O–H groups in total. The highest BCUT2D eigenvalue weighted by molar-refractivity contribution is 5.97. The first kappa shape index (κ1) is 28.5. The van der Waals surface area contributed by atoms with Gasteiger partial charge in [0.1, 0.15) is 18.0 Å². The van der Waals surface area contributed by atoms with E-state index in [4.69, 9.17) is 19.4 Å². The van der Waals surface area contributed by atoms with Gasteiger partial charge in [0.2, 0.25) is 0 Å². The third-order valence-electron chi connectivity index (χ3n) is 8.76. The van der Waals surface area contributed by atoms with Gasteiger partial charge in [0.15, 0.2) is 0 Å². The Bertz CT molecular complexity index is 1440. The third kappa shape index (κ3) is 5.98. The van der Waals surface area contributed by atoms with Crippen LogP contribution in [0.1, 0.15) is 50.4 Å². The van der Waals surface area contributed by atoms with Crippen molar-refractivity contribution in [2.24, 2.45) is 0 Å². The molecule has 0 saturated carbocycles. The van der Waals surface area contributed by atoms with E-state index in [9.17, 15) is 4.79 Å². The van der Waals surface area contributed by atoms with Crippen LogP contribution in [0.2, 0.25) is 0 Å². The van der Waals surface area contributed by atoms with Crippen molar-refractivity contribution in [3.8, 4) is 6.01 Å². The second-order valence-electron chi connectivity index (χ2n) is 12.9. The lowest BCUT2D eigenvalue weighted by molar-refractivity contribution is 0.0240. The monoisotopic (exact) mass is 572 g/mol. The van der Waals surface area contributed by atoms with Crippen LogP contribution >= 0.6 is 0 Å². The highest BCUT2D eigenvalue weighted by Crippen LogP contribution is 2.35. The molecule has 4 heterocycles. The molecule has 2 aromatic carbocycles. The van der Waals surface area contributed by atoms with Gasteiger partial charge in [0.25, 0.3) is 0 Å². The number of nitrogens with zero attached hydrogens (tertiary/aromatic N) is 6. The molecule has 2 fully saturated rings. The fraction of sp³-hybridized carbons (Fsp3) is 0.545. The maximum absolute atomic E-state index is 12.7. The van der Waals surface area contributed by atoms with Crippen molar-refractivity contribution < 1.29 is 14.3 Å². The van der Waals surface area contributed by atoms with Crippen LogP contribution in [-0.2, 0) is 17.7 Å². The Labute approximate surface area is 249 Å². The van der Waals surface area contributed by atoms with Crippen LogP contribution < -0.4 is 14.5 Å². The molecule has 0 radical (unpaired) electrons. The van der Waals surface area contributed by atoms with Crippen molar-refractivity contribution in [1.29, 1.82) is 0 Å². The first-order valence-corrected chi connectivity index (χ1v) is 15.4. The summed E-state index contributed by atoms with van der Waals surface area (Å²) in [5.41, 5.74) is 4.25. The van der Waals surface area contributed by atoms with Crippen LogP contribution in [0.15, 0.2) is 36.4 Å². The second-order valence-corrected chi connectivity index (χ2v) is 12.9. The largest absolute Gasteiger partial charge is 0.462 e. The summed E-state index contributed by atoms with van der Waals surface area (Å²) in [5.74, 6) is 0.951. The predicted octanol–water partition coefficient (Wildman–Crippen LogP) is 5.03. The molecule has 3 aromatic rings. The van der Waals surface area contributed by atoms with Crippen LogP contribution in [0.4, 0.5) is 16.3 Å². The number of aryl methyl sites for hydroxylation is 1. The highest BCUT2D eigenvalue weighted by Gasteiger charge is 2.31. The van der Waals surface area contributed by atoms with E-state index in [1.165, 1.54) is 34.0 Å². The maximum atomic E-state index is 12.7. The number of amides is 1. The maximum Gasteiger partial charge on any atom is 0.410 e. The molecular weight excluding hydrogens is 528 g/mol. The number of likely N-dealkylation sites (tertiary alicyclic amines) is 1. The van der Waals surface area contributed by atoms with Crippen LogP contribution in [-0.4, -0.2) is 90.4 Å². The van der Waals surface area contributed by atoms with Crippen LogP contribution in [0.3, 0.4) is 0 Å². The minimum atomic E-state index is -0.506. The molecule has 3 aliphatic rings. The molecule has 2 saturated heterocycles. The molecule has 1 unspecified atom stereocenters. The minimum absolute atomic E-state index is 0.252. The van der Waals surface area contributed by atoms with Gasteiger partial charge in [0.05, 0.1) is 12.2 Å². The van der Waals surface area contributed by atoms with Gasteiger partial charge in [-0.2, -0.15) is 9.97 Å². The van der Waals surface area contributed by atoms with Gasteiger partial charge < -0.3 is 29.1 Å². The Morgan fingerprint density at radius 2 is 1.74 bits per heavy atom. The number of hydrogen-bond acceptors (Lipinski definition) is 8. The molecule has 9 heteroatoms. The average Bonchev–Trinajstić information content (AvgIpc) is 3.38. The summed E-state index contributed by atoms with van der Waals surface area (Å²) in [6.45, 7) is 13.8. The number of piperazine rings is 1. The van der Waals surface area contributed by atoms with Gasteiger partial charge in [-0.1, -0.05) is 30.3 Å². The van der Waals surface area contributed by atoms with Crippen molar-refractivity contribution in [3.05, 3.63) is 53.2 Å². The Kier molecular flexibility index (Phi) is 7.87. The van der Waals surface area contributed by atoms with Gasteiger partial charge in [0, 0.05) is 55.4 Å². The summed E-state index contributed by atoms with van der Waals surface area (Å²) < 4.78 is 11.9. The molecule has 0 aliphatic carbocycles. The lowest BCUT2D eigenvalue weighted by atomic mass is 9.99. The van der Waals surface area contributed by atoms with Crippen molar-refractivity contribution in [1.82, 2.24) is 19.8 Å². The van der Waals surface area contributed by atoms with Gasteiger partial charge in [-0.3, -0.25) is 0 Å². The van der Waals surface area contributed by atoms with Gasteiger partial charge in [-0.15, -0.1) is 0 Å². The number of hydrogen-bond donors (Lipinski definition) is 0. The molecule has 0 spiro atoms. The summed E-state index contributed by atoms with van der Waals surface area (Å²) in [5, 5.41) is 2.56. The zero-order valence-corrected chi connectivity index (χ0v) is 25.7. The number of carbonyl (C=O) groups excluding carboxylic acids is 1.